The van der Waals surface area contributed by atoms with Gasteiger partial charge in [0.25, 0.3) is 0 Å². The Labute approximate surface area is 91.1 Å². The smallest absolute Gasteiger partial charge is 0.115 e. The van der Waals surface area contributed by atoms with Gasteiger partial charge in [-0.15, -0.1) is 0 Å². The van der Waals surface area contributed by atoms with Gasteiger partial charge in [-0.05, 0) is 37.2 Å². The van der Waals surface area contributed by atoms with E-state index in [0.717, 1.165) is 5.92 Å². The van der Waals surface area contributed by atoms with E-state index in [1.165, 1.54) is 31.2 Å². The van der Waals surface area contributed by atoms with Crippen molar-refractivity contribution < 1.29 is 0 Å². The largest absolute Gasteiger partial charge is 0.330 e. The van der Waals surface area contributed by atoms with Crippen molar-refractivity contribution in [2.24, 2.45) is 11.7 Å². The molecule has 2 rings (SSSR count). The molecule has 0 aliphatic heterocycles. The van der Waals surface area contributed by atoms with Crippen LogP contribution in [0.5, 0.6) is 0 Å². The van der Waals surface area contributed by atoms with Crippen molar-refractivity contribution in [3.05, 3.63) is 24.3 Å². The van der Waals surface area contributed by atoms with Crippen molar-refractivity contribution >= 4 is 0 Å². The van der Waals surface area contributed by atoms with Crippen molar-refractivity contribution in [2.75, 3.05) is 6.54 Å². The first kappa shape index (κ1) is 10.6. The predicted molar refractivity (Wildman–Crippen MR) is 60.4 cm³/mol. The highest BCUT2D eigenvalue weighted by atomic mass is 14.8. The average molecular weight is 205 g/mol. The summed E-state index contributed by atoms with van der Waals surface area (Å²) in [5.41, 5.74) is 7.33. The molecule has 0 bridgehead atoms. The van der Waals surface area contributed by atoms with Crippen LogP contribution in [0.2, 0.25) is 0 Å². The quantitative estimate of drug-likeness (QED) is 0.802. The van der Waals surface area contributed by atoms with Crippen molar-refractivity contribution in [1.82, 2.24) is 9.97 Å². The van der Waals surface area contributed by atoms with Crippen LogP contribution in [0.25, 0.3) is 0 Å². The summed E-state index contributed by atoms with van der Waals surface area (Å²) >= 11 is 0. The zero-order chi connectivity index (χ0) is 10.7. The Morgan fingerprint density at radius 2 is 1.93 bits per heavy atom. The molecule has 3 heteroatoms. The lowest BCUT2D eigenvalue weighted by Crippen LogP contribution is -2.38. The van der Waals surface area contributed by atoms with Gasteiger partial charge in [-0.25, -0.2) is 9.97 Å². The van der Waals surface area contributed by atoms with Crippen molar-refractivity contribution in [3.8, 4) is 0 Å². The summed E-state index contributed by atoms with van der Waals surface area (Å²) in [6.07, 6.45) is 10.3. The second-order valence-corrected chi connectivity index (χ2v) is 4.79. The van der Waals surface area contributed by atoms with Crippen LogP contribution in [-0.4, -0.2) is 16.5 Å². The summed E-state index contributed by atoms with van der Waals surface area (Å²) in [7, 11) is 0. The molecule has 0 radical (unpaired) electrons. The molecule has 82 valence electrons. The number of hydrogen-bond donors (Lipinski definition) is 1. The van der Waals surface area contributed by atoms with Gasteiger partial charge in [0.15, 0.2) is 0 Å². The summed E-state index contributed by atoms with van der Waals surface area (Å²) in [6.45, 7) is 3.04. The minimum Gasteiger partial charge on any atom is -0.330 e. The van der Waals surface area contributed by atoms with Crippen LogP contribution >= 0.6 is 0 Å². The van der Waals surface area contributed by atoms with Crippen LogP contribution in [0, 0.1) is 5.92 Å². The summed E-state index contributed by atoms with van der Waals surface area (Å²) in [5.74, 6) is 0.842. The summed E-state index contributed by atoms with van der Waals surface area (Å²) in [6, 6.07) is 0. The van der Waals surface area contributed by atoms with Crippen LogP contribution in [0.15, 0.2) is 18.7 Å². The van der Waals surface area contributed by atoms with Gasteiger partial charge in [0, 0.05) is 24.4 Å². The number of rotatable bonds is 2. The normalized spacial score (nSPS) is 31.5. The number of hydrogen-bond acceptors (Lipinski definition) is 3. The third-order valence-corrected chi connectivity index (χ3v) is 3.80. The van der Waals surface area contributed by atoms with E-state index in [2.05, 4.69) is 16.9 Å². The van der Waals surface area contributed by atoms with E-state index in [4.69, 9.17) is 5.73 Å². The molecule has 1 aromatic rings. The van der Waals surface area contributed by atoms with Crippen molar-refractivity contribution in [1.29, 1.82) is 0 Å². The van der Waals surface area contributed by atoms with Crippen LogP contribution in [0.4, 0.5) is 0 Å². The van der Waals surface area contributed by atoms with Crippen LogP contribution in [-0.2, 0) is 5.41 Å². The molecule has 0 atom stereocenters. The Morgan fingerprint density at radius 1 is 1.33 bits per heavy atom. The van der Waals surface area contributed by atoms with Gasteiger partial charge in [-0.3, -0.25) is 0 Å². The maximum absolute atomic E-state index is 5.96. The van der Waals surface area contributed by atoms with E-state index in [1.807, 2.05) is 12.4 Å². The Kier molecular flexibility index (Phi) is 3.00. The first-order valence-corrected chi connectivity index (χ1v) is 5.72. The molecule has 0 saturated heterocycles. The summed E-state index contributed by atoms with van der Waals surface area (Å²) in [5, 5.41) is 0. The molecule has 3 nitrogen and oxygen atoms in total. The highest BCUT2D eigenvalue weighted by molar-refractivity contribution is 5.20. The molecular weight excluding hydrogens is 186 g/mol. The number of aromatic nitrogens is 2. The molecule has 2 N–H and O–H groups in total. The van der Waals surface area contributed by atoms with Gasteiger partial charge >= 0.3 is 0 Å². The molecule has 0 aromatic carbocycles. The number of nitrogens with two attached hydrogens (primary N) is 1. The fourth-order valence-electron chi connectivity index (χ4n) is 2.50. The zero-order valence-corrected chi connectivity index (χ0v) is 9.32. The Morgan fingerprint density at radius 3 is 2.47 bits per heavy atom. The Balaban J connectivity index is 2.23. The minimum atomic E-state index is 0.147. The summed E-state index contributed by atoms with van der Waals surface area (Å²) in [4.78, 5) is 8.21. The van der Waals surface area contributed by atoms with Crippen LogP contribution in [0.3, 0.4) is 0 Å². The fourth-order valence-corrected chi connectivity index (χ4v) is 2.50. The second-order valence-electron chi connectivity index (χ2n) is 4.79. The molecule has 1 saturated carbocycles. The lowest BCUT2D eigenvalue weighted by Gasteiger charge is -2.38. The van der Waals surface area contributed by atoms with Crippen LogP contribution in [0.1, 0.15) is 38.2 Å². The molecule has 1 fully saturated rings. The first-order chi connectivity index (χ1) is 7.27. The predicted octanol–water partition coefficient (Wildman–Crippen LogP) is 1.88. The third kappa shape index (κ3) is 2.02. The highest BCUT2D eigenvalue weighted by Crippen LogP contribution is 2.40. The van der Waals surface area contributed by atoms with Gasteiger partial charge in [-0.2, -0.15) is 0 Å². The maximum Gasteiger partial charge on any atom is 0.115 e. The molecule has 1 heterocycles. The fraction of sp³-hybridized carbons (Fsp3) is 0.667. The maximum atomic E-state index is 5.96. The molecule has 1 aliphatic rings. The molecule has 0 unspecified atom stereocenters. The van der Waals surface area contributed by atoms with E-state index >= 15 is 0 Å². The molecule has 0 amide bonds. The van der Waals surface area contributed by atoms with E-state index in [9.17, 15) is 0 Å². The van der Waals surface area contributed by atoms with E-state index in [1.54, 1.807) is 6.33 Å². The van der Waals surface area contributed by atoms with Crippen LogP contribution < -0.4 is 5.73 Å². The topological polar surface area (TPSA) is 51.8 Å². The standard InChI is InChI=1S/C12H19N3/c1-10-2-4-12(8-13,5-3-10)11-6-14-9-15-7-11/h6-7,9-10H,2-5,8,13H2,1H3. The molecule has 1 aromatic heterocycles. The van der Waals surface area contributed by atoms with E-state index < -0.39 is 0 Å². The van der Waals surface area contributed by atoms with Gasteiger partial charge in [-0.1, -0.05) is 6.92 Å². The molecule has 0 spiro atoms. The monoisotopic (exact) mass is 205 g/mol. The van der Waals surface area contributed by atoms with E-state index in [0.29, 0.717) is 6.54 Å². The Bertz CT molecular complexity index is 302. The third-order valence-electron chi connectivity index (χ3n) is 3.80. The zero-order valence-electron chi connectivity index (χ0n) is 9.32. The van der Waals surface area contributed by atoms with E-state index in [-0.39, 0.29) is 5.41 Å². The molecule has 15 heavy (non-hydrogen) atoms. The Hall–Kier alpha value is -0.960. The lowest BCUT2D eigenvalue weighted by atomic mass is 9.68. The van der Waals surface area contributed by atoms with Crippen molar-refractivity contribution in [2.45, 2.75) is 38.0 Å². The van der Waals surface area contributed by atoms with Crippen molar-refractivity contribution in [3.63, 3.8) is 0 Å². The first-order valence-electron chi connectivity index (χ1n) is 5.72. The van der Waals surface area contributed by atoms with Gasteiger partial charge in [0.05, 0.1) is 0 Å². The lowest BCUT2D eigenvalue weighted by molar-refractivity contribution is 0.246. The minimum absolute atomic E-state index is 0.147. The highest BCUT2D eigenvalue weighted by Gasteiger charge is 2.34. The number of nitrogens with zero attached hydrogens (tertiary/aromatic N) is 2. The van der Waals surface area contributed by atoms with Gasteiger partial charge in [0.2, 0.25) is 0 Å². The SMILES string of the molecule is CC1CCC(CN)(c2cncnc2)CC1. The molecular formula is C12H19N3. The van der Waals surface area contributed by atoms with Gasteiger partial charge < -0.3 is 5.73 Å². The second kappa shape index (κ2) is 4.27. The summed E-state index contributed by atoms with van der Waals surface area (Å²) < 4.78 is 0. The van der Waals surface area contributed by atoms with Gasteiger partial charge in [0.1, 0.15) is 6.33 Å². The molecule has 1 aliphatic carbocycles. The average Bonchev–Trinajstić information content (AvgIpc) is 2.32.